The Morgan fingerprint density at radius 1 is 0.905 bits per heavy atom. The summed E-state index contributed by atoms with van der Waals surface area (Å²) in [5.74, 6) is 0.797. The molecule has 4 nitrogen and oxygen atoms in total. The number of aromatic nitrogens is 2. The number of benzene rings is 2. The van der Waals surface area contributed by atoms with Gasteiger partial charge in [0.15, 0.2) is 0 Å². The number of rotatable bonds is 4. The molecule has 1 aromatic heterocycles. The van der Waals surface area contributed by atoms with Crippen molar-refractivity contribution in [1.82, 2.24) is 9.97 Å². The molecule has 0 atom stereocenters. The quantitative estimate of drug-likeness (QED) is 0.717. The van der Waals surface area contributed by atoms with Gasteiger partial charge in [-0.2, -0.15) is 0 Å². The molecule has 2 aromatic carbocycles. The molecule has 1 heterocycles. The van der Waals surface area contributed by atoms with Gasteiger partial charge in [-0.3, -0.25) is 0 Å². The number of anilines is 2. The second-order valence-corrected chi connectivity index (χ2v) is 4.75. The number of nitrogens with one attached hydrogen (secondary N) is 1. The Bertz CT molecular complexity index is 726. The molecule has 0 saturated heterocycles. The van der Waals surface area contributed by atoms with E-state index in [-0.39, 0.29) is 0 Å². The molecule has 0 aliphatic rings. The Morgan fingerprint density at radius 3 is 2.57 bits per heavy atom. The largest absolute Gasteiger partial charge is 0.399 e. The summed E-state index contributed by atoms with van der Waals surface area (Å²) in [4.78, 5) is 8.55. The highest BCUT2D eigenvalue weighted by Gasteiger charge is 2.02. The number of nitrogen functional groups attached to an aromatic ring is 1. The van der Waals surface area contributed by atoms with Gasteiger partial charge in [0.25, 0.3) is 0 Å². The summed E-state index contributed by atoms with van der Waals surface area (Å²) >= 11 is 0. The molecule has 0 aliphatic carbocycles. The van der Waals surface area contributed by atoms with E-state index in [1.54, 1.807) is 6.33 Å². The van der Waals surface area contributed by atoms with E-state index in [0.29, 0.717) is 0 Å². The summed E-state index contributed by atoms with van der Waals surface area (Å²) in [6.07, 6.45) is 1.56. The second kappa shape index (κ2) is 6.05. The van der Waals surface area contributed by atoms with Crippen molar-refractivity contribution in [2.24, 2.45) is 0 Å². The summed E-state index contributed by atoms with van der Waals surface area (Å²) in [7, 11) is 0. The van der Waals surface area contributed by atoms with E-state index in [9.17, 15) is 0 Å². The van der Waals surface area contributed by atoms with Crippen molar-refractivity contribution in [1.29, 1.82) is 0 Å². The summed E-state index contributed by atoms with van der Waals surface area (Å²) in [5.41, 5.74) is 9.59. The van der Waals surface area contributed by atoms with Crippen LogP contribution in [0.5, 0.6) is 0 Å². The minimum Gasteiger partial charge on any atom is -0.399 e. The van der Waals surface area contributed by atoms with Crippen LogP contribution in [-0.4, -0.2) is 9.97 Å². The fourth-order valence-corrected chi connectivity index (χ4v) is 2.10. The molecule has 4 heteroatoms. The zero-order valence-corrected chi connectivity index (χ0v) is 11.5. The zero-order valence-electron chi connectivity index (χ0n) is 11.5. The summed E-state index contributed by atoms with van der Waals surface area (Å²) in [6, 6.07) is 19.8. The lowest BCUT2D eigenvalue weighted by atomic mass is 10.1. The number of nitrogens with zero attached hydrogens (tertiary/aromatic N) is 2. The molecule has 0 bridgehead atoms. The van der Waals surface area contributed by atoms with Crippen LogP contribution in [-0.2, 0) is 6.54 Å². The average molecular weight is 276 g/mol. The molecule has 0 fully saturated rings. The number of nitrogens with two attached hydrogens (primary N) is 1. The van der Waals surface area contributed by atoms with Crippen LogP contribution in [0.15, 0.2) is 67.0 Å². The van der Waals surface area contributed by atoms with Crippen LogP contribution in [0.3, 0.4) is 0 Å². The lowest BCUT2D eigenvalue weighted by Gasteiger charge is -2.07. The molecule has 0 amide bonds. The molecule has 0 saturated carbocycles. The predicted octanol–water partition coefficient (Wildman–Crippen LogP) is 3.34. The van der Waals surface area contributed by atoms with Crippen LogP contribution < -0.4 is 11.1 Å². The van der Waals surface area contributed by atoms with Crippen molar-refractivity contribution in [2.75, 3.05) is 11.1 Å². The van der Waals surface area contributed by atoms with Gasteiger partial charge >= 0.3 is 0 Å². The molecule has 104 valence electrons. The monoisotopic (exact) mass is 276 g/mol. The zero-order chi connectivity index (χ0) is 14.5. The summed E-state index contributed by atoms with van der Waals surface area (Å²) in [6.45, 7) is 0.730. The van der Waals surface area contributed by atoms with E-state index in [1.807, 2.05) is 48.5 Å². The van der Waals surface area contributed by atoms with Gasteiger partial charge in [0, 0.05) is 23.9 Å². The van der Waals surface area contributed by atoms with E-state index in [2.05, 4.69) is 27.4 Å². The predicted molar refractivity (Wildman–Crippen MR) is 85.6 cm³/mol. The van der Waals surface area contributed by atoms with Crippen molar-refractivity contribution < 1.29 is 0 Å². The van der Waals surface area contributed by atoms with Crippen molar-refractivity contribution in [3.8, 4) is 11.3 Å². The van der Waals surface area contributed by atoms with Crippen LogP contribution in [0.1, 0.15) is 5.56 Å². The van der Waals surface area contributed by atoms with Crippen LogP contribution in [0.2, 0.25) is 0 Å². The molecular weight excluding hydrogens is 260 g/mol. The molecule has 3 rings (SSSR count). The lowest BCUT2D eigenvalue weighted by molar-refractivity contribution is 1.08. The van der Waals surface area contributed by atoms with Gasteiger partial charge in [-0.25, -0.2) is 9.97 Å². The van der Waals surface area contributed by atoms with Crippen molar-refractivity contribution in [2.45, 2.75) is 6.54 Å². The standard InChI is InChI=1S/C17H16N4/c18-15-8-4-7-14(9-15)16-10-17(21-12-20-16)19-11-13-5-2-1-3-6-13/h1-10,12H,11,18H2,(H,19,20,21). The fraction of sp³-hybridized carbons (Fsp3) is 0.0588. The highest BCUT2D eigenvalue weighted by atomic mass is 15.0. The maximum Gasteiger partial charge on any atom is 0.130 e. The maximum atomic E-state index is 5.81. The van der Waals surface area contributed by atoms with Gasteiger partial charge in [0.2, 0.25) is 0 Å². The van der Waals surface area contributed by atoms with Crippen molar-refractivity contribution in [3.05, 3.63) is 72.6 Å². The third-order valence-corrected chi connectivity index (χ3v) is 3.17. The number of hydrogen-bond donors (Lipinski definition) is 2. The first-order chi connectivity index (χ1) is 10.3. The smallest absolute Gasteiger partial charge is 0.130 e. The van der Waals surface area contributed by atoms with Crippen LogP contribution in [0.4, 0.5) is 11.5 Å². The minimum atomic E-state index is 0.727. The Morgan fingerprint density at radius 2 is 1.76 bits per heavy atom. The van der Waals surface area contributed by atoms with Crippen LogP contribution >= 0.6 is 0 Å². The van der Waals surface area contributed by atoms with Gasteiger partial charge in [0.05, 0.1) is 5.69 Å². The van der Waals surface area contributed by atoms with Crippen molar-refractivity contribution in [3.63, 3.8) is 0 Å². The Labute approximate surface area is 123 Å². The molecule has 3 N–H and O–H groups in total. The second-order valence-electron chi connectivity index (χ2n) is 4.75. The van der Waals surface area contributed by atoms with E-state index in [4.69, 9.17) is 5.73 Å². The molecule has 3 aromatic rings. The Kier molecular flexibility index (Phi) is 3.78. The third-order valence-electron chi connectivity index (χ3n) is 3.17. The Hall–Kier alpha value is -2.88. The van der Waals surface area contributed by atoms with Gasteiger partial charge in [-0.05, 0) is 17.7 Å². The normalized spacial score (nSPS) is 10.3. The topological polar surface area (TPSA) is 63.8 Å². The van der Waals surface area contributed by atoms with Gasteiger partial charge < -0.3 is 11.1 Å². The fourth-order valence-electron chi connectivity index (χ4n) is 2.10. The molecule has 0 aliphatic heterocycles. The Balaban J connectivity index is 1.77. The van der Waals surface area contributed by atoms with Crippen LogP contribution in [0.25, 0.3) is 11.3 Å². The van der Waals surface area contributed by atoms with E-state index in [1.165, 1.54) is 5.56 Å². The first-order valence-electron chi connectivity index (χ1n) is 6.77. The van der Waals surface area contributed by atoms with Gasteiger partial charge in [0.1, 0.15) is 12.1 Å². The summed E-state index contributed by atoms with van der Waals surface area (Å²) in [5, 5.41) is 3.30. The molecule has 0 spiro atoms. The lowest BCUT2D eigenvalue weighted by Crippen LogP contribution is -2.01. The number of hydrogen-bond acceptors (Lipinski definition) is 4. The molecule has 0 radical (unpaired) electrons. The SMILES string of the molecule is Nc1cccc(-c2cc(NCc3ccccc3)ncn2)c1. The first-order valence-corrected chi connectivity index (χ1v) is 6.77. The molecule has 0 unspecified atom stereocenters. The third kappa shape index (κ3) is 3.36. The van der Waals surface area contributed by atoms with Crippen LogP contribution in [0, 0.1) is 0 Å². The first kappa shape index (κ1) is 13.1. The van der Waals surface area contributed by atoms with Crippen molar-refractivity contribution >= 4 is 11.5 Å². The maximum absolute atomic E-state index is 5.81. The minimum absolute atomic E-state index is 0.727. The van der Waals surface area contributed by atoms with Gasteiger partial charge in [-0.1, -0.05) is 42.5 Å². The highest BCUT2D eigenvalue weighted by Crippen LogP contribution is 2.21. The van der Waals surface area contributed by atoms with E-state index < -0.39 is 0 Å². The van der Waals surface area contributed by atoms with Gasteiger partial charge in [-0.15, -0.1) is 0 Å². The molecular formula is C17H16N4. The molecule has 21 heavy (non-hydrogen) atoms. The van der Waals surface area contributed by atoms with E-state index >= 15 is 0 Å². The summed E-state index contributed by atoms with van der Waals surface area (Å²) < 4.78 is 0. The van der Waals surface area contributed by atoms with E-state index in [0.717, 1.165) is 29.3 Å². The average Bonchev–Trinajstić information content (AvgIpc) is 2.54. The highest BCUT2D eigenvalue weighted by molar-refractivity contribution is 5.65.